The monoisotopic (exact) mass is 329 g/mol. The van der Waals surface area contributed by atoms with Crippen molar-refractivity contribution in [2.45, 2.75) is 25.5 Å². The Morgan fingerprint density at radius 1 is 1.33 bits per heavy atom. The van der Waals surface area contributed by atoms with Crippen LogP contribution in [0.5, 0.6) is 0 Å². The number of rotatable bonds is 6. The molecule has 3 rings (SSSR count). The lowest BCUT2D eigenvalue weighted by Crippen LogP contribution is -2.32. The van der Waals surface area contributed by atoms with Gasteiger partial charge in [-0.05, 0) is 31.0 Å². The third-order valence-corrected chi connectivity index (χ3v) is 3.95. The number of hydrogen-bond donors (Lipinski definition) is 2. The summed E-state index contributed by atoms with van der Waals surface area (Å²) in [6.07, 6.45) is 3.66. The van der Waals surface area contributed by atoms with Crippen LogP contribution in [-0.2, 0) is 11.3 Å². The zero-order valence-electron chi connectivity index (χ0n) is 13.3. The van der Waals surface area contributed by atoms with Crippen LogP contribution >= 0.6 is 0 Å². The van der Waals surface area contributed by atoms with Gasteiger partial charge in [-0.1, -0.05) is 18.2 Å². The zero-order valence-corrected chi connectivity index (χ0v) is 13.3. The summed E-state index contributed by atoms with van der Waals surface area (Å²) in [5, 5.41) is 5.95. The largest absolute Gasteiger partial charge is 0.381 e. The maximum Gasteiger partial charge on any atom is 0.270 e. The maximum atomic E-state index is 13.6. The van der Waals surface area contributed by atoms with Crippen molar-refractivity contribution in [3.8, 4) is 0 Å². The Balaban J connectivity index is 1.57. The number of anilines is 1. The summed E-state index contributed by atoms with van der Waals surface area (Å²) in [5.74, 6) is -0.492. The van der Waals surface area contributed by atoms with E-state index in [1.54, 1.807) is 36.5 Å². The van der Waals surface area contributed by atoms with E-state index in [9.17, 15) is 9.18 Å². The number of amides is 1. The average Bonchev–Trinajstić information content (AvgIpc) is 3.13. The molecule has 0 aliphatic carbocycles. The third kappa shape index (κ3) is 4.29. The maximum absolute atomic E-state index is 13.6. The highest BCUT2D eigenvalue weighted by atomic mass is 19.1. The summed E-state index contributed by atoms with van der Waals surface area (Å²) in [6, 6.07) is 9.99. The molecule has 1 atom stereocenters. The van der Waals surface area contributed by atoms with E-state index in [0.29, 0.717) is 24.3 Å². The van der Waals surface area contributed by atoms with Gasteiger partial charge >= 0.3 is 0 Å². The first-order chi connectivity index (χ1) is 11.7. The van der Waals surface area contributed by atoms with Crippen LogP contribution in [0.1, 0.15) is 28.9 Å². The van der Waals surface area contributed by atoms with Crippen LogP contribution in [0.4, 0.5) is 10.1 Å². The molecule has 2 N–H and O–H groups in total. The summed E-state index contributed by atoms with van der Waals surface area (Å²) >= 11 is 0. The van der Waals surface area contributed by atoms with E-state index < -0.39 is 0 Å². The number of carbonyl (C=O) groups excluding carboxylic acids is 1. The number of pyridine rings is 1. The molecule has 1 unspecified atom stereocenters. The molecule has 1 aromatic heterocycles. The number of benzene rings is 1. The molecule has 1 amide bonds. The predicted octanol–water partition coefficient (Wildman–Crippen LogP) is 2.74. The van der Waals surface area contributed by atoms with Crippen molar-refractivity contribution in [2.75, 3.05) is 18.5 Å². The molecule has 2 aromatic rings. The molecule has 0 bridgehead atoms. The van der Waals surface area contributed by atoms with E-state index >= 15 is 0 Å². The van der Waals surface area contributed by atoms with Crippen LogP contribution in [-0.4, -0.2) is 30.1 Å². The number of carbonyl (C=O) groups is 1. The second kappa shape index (κ2) is 7.88. The van der Waals surface area contributed by atoms with Gasteiger partial charge in [0.1, 0.15) is 11.5 Å². The Morgan fingerprint density at radius 2 is 2.21 bits per heavy atom. The van der Waals surface area contributed by atoms with Gasteiger partial charge in [0, 0.05) is 37.1 Å². The Hall–Kier alpha value is -2.47. The van der Waals surface area contributed by atoms with Crippen LogP contribution < -0.4 is 10.6 Å². The fraction of sp³-hybridized carbons (Fsp3) is 0.333. The van der Waals surface area contributed by atoms with Gasteiger partial charge in [-0.3, -0.25) is 9.78 Å². The normalized spacial score (nSPS) is 16.8. The molecule has 0 spiro atoms. The Bertz CT molecular complexity index is 702. The summed E-state index contributed by atoms with van der Waals surface area (Å²) in [4.78, 5) is 16.3. The molecular formula is C18H20FN3O2. The van der Waals surface area contributed by atoms with Gasteiger partial charge in [0.25, 0.3) is 5.91 Å². The number of nitrogens with zero attached hydrogens (tertiary/aromatic N) is 1. The van der Waals surface area contributed by atoms with Crippen molar-refractivity contribution in [2.24, 2.45) is 0 Å². The SMILES string of the molecule is O=C(NCC1CCCO1)c1cc(NCc2ccccc2F)ccn1. The van der Waals surface area contributed by atoms with Crippen LogP contribution in [0.2, 0.25) is 0 Å². The van der Waals surface area contributed by atoms with Crippen LogP contribution in [0, 0.1) is 5.82 Å². The summed E-state index contributed by atoms with van der Waals surface area (Å²) in [7, 11) is 0. The molecule has 0 radical (unpaired) electrons. The average molecular weight is 329 g/mol. The van der Waals surface area contributed by atoms with Gasteiger partial charge in [-0.2, -0.15) is 0 Å². The molecule has 5 nitrogen and oxygen atoms in total. The quantitative estimate of drug-likeness (QED) is 0.855. The summed E-state index contributed by atoms with van der Waals surface area (Å²) in [6.45, 7) is 1.59. The predicted molar refractivity (Wildman–Crippen MR) is 89.3 cm³/mol. The van der Waals surface area contributed by atoms with Crippen molar-refractivity contribution < 1.29 is 13.9 Å². The van der Waals surface area contributed by atoms with Gasteiger partial charge in [0.05, 0.1) is 6.10 Å². The second-order valence-corrected chi connectivity index (χ2v) is 5.72. The smallest absolute Gasteiger partial charge is 0.270 e. The van der Waals surface area contributed by atoms with E-state index in [1.165, 1.54) is 6.07 Å². The first kappa shape index (κ1) is 16.4. The minimum absolute atomic E-state index is 0.0938. The molecule has 1 aliphatic rings. The summed E-state index contributed by atoms with van der Waals surface area (Å²) < 4.78 is 19.1. The molecule has 1 aliphatic heterocycles. The standard InChI is InChI=1S/C18H20FN3O2/c19-16-6-2-1-4-13(16)11-21-14-7-8-20-17(10-14)18(23)22-12-15-5-3-9-24-15/h1-2,4,6-8,10,15H,3,5,9,11-12H2,(H,20,21)(H,22,23). The fourth-order valence-corrected chi connectivity index (χ4v) is 2.61. The highest BCUT2D eigenvalue weighted by molar-refractivity contribution is 5.93. The number of ether oxygens (including phenoxy) is 1. The number of nitrogens with one attached hydrogen (secondary N) is 2. The Labute approximate surface area is 140 Å². The number of hydrogen-bond acceptors (Lipinski definition) is 4. The minimum atomic E-state index is -0.256. The van der Waals surface area contributed by atoms with E-state index in [-0.39, 0.29) is 17.8 Å². The molecule has 24 heavy (non-hydrogen) atoms. The summed E-state index contributed by atoms with van der Waals surface area (Å²) in [5.41, 5.74) is 1.61. The number of halogens is 1. The van der Waals surface area contributed by atoms with E-state index in [4.69, 9.17) is 4.74 Å². The first-order valence-electron chi connectivity index (χ1n) is 8.05. The van der Waals surface area contributed by atoms with Gasteiger partial charge in [-0.15, -0.1) is 0 Å². The van der Waals surface area contributed by atoms with E-state index in [1.807, 2.05) is 0 Å². The van der Waals surface area contributed by atoms with Crippen molar-refractivity contribution in [1.29, 1.82) is 0 Å². The topological polar surface area (TPSA) is 63.2 Å². The fourth-order valence-electron chi connectivity index (χ4n) is 2.61. The van der Waals surface area contributed by atoms with Gasteiger partial charge < -0.3 is 15.4 Å². The highest BCUT2D eigenvalue weighted by Gasteiger charge is 2.17. The Morgan fingerprint density at radius 3 is 3.00 bits per heavy atom. The third-order valence-electron chi connectivity index (χ3n) is 3.95. The molecule has 0 saturated carbocycles. The zero-order chi connectivity index (χ0) is 16.8. The minimum Gasteiger partial charge on any atom is -0.381 e. The molecule has 1 fully saturated rings. The Kier molecular flexibility index (Phi) is 5.38. The van der Waals surface area contributed by atoms with Crippen LogP contribution in [0.15, 0.2) is 42.6 Å². The second-order valence-electron chi connectivity index (χ2n) is 5.72. The lowest BCUT2D eigenvalue weighted by molar-refractivity contribution is 0.0854. The lowest BCUT2D eigenvalue weighted by atomic mass is 10.2. The van der Waals surface area contributed by atoms with Crippen molar-refractivity contribution in [3.63, 3.8) is 0 Å². The van der Waals surface area contributed by atoms with E-state index in [0.717, 1.165) is 25.1 Å². The van der Waals surface area contributed by atoms with Crippen molar-refractivity contribution >= 4 is 11.6 Å². The van der Waals surface area contributed by atoms with Crippen LogP contribution in [0.3, 0.4) is 0 Å². The van der Waals surface area contributed by atoms with Gasteiger partial charge in [0.15, 0.2) is 0 Å². The molecule has 6 heteroatoms. The van der Waals surface area contributed by atoms with Crippen molar-refractivity contribution in [1.82, 2.24) is 10.3 Å². The van der Waals surface area contributed by atoms with E-state index in [2.05, 4.69) is 15.6 Å². The highest BCUT2D eigenvalue weighted by Crippen LogP contribution is 2.13. The van der Waals surface area contributed by atoms with Crippen molar-refractivity contribution in [3.05, 3.63) is 59.7 Å². The molecule has 1 aromatic carbocycles. The van der Waals surface area contributed by atoms with Crippen LogP contribution in [0.25, 0.3) is 0 Å². The molecular weight excluding hydrogens is 309 g/mol. The lowest BCUT2D eigenvalue weighted by Gasteiger charge is -2.11. The molecule has 126 valence electrons. The molecule has 2 heterocycles. The molecule has 1 saturated heterocycles. The van der Waals surface area contributed by atoms with Gasteiger partial charge in [-0.25, -0.2) is 4.39 Å². The number of aromatic nitrogens is 1. The first-order valence-corrected chi connectivity index (χ1v) is 8.05. The van der Waals surface area contributed by atoms with Gasteiger partial charge in [0.2, 0.25) is 0 Å².